The fourth-order valence-corrected chi connectivity index (χ4v) is 5.15. The van der Waals surface area contributed by atoms with Crippen LogP contribution in [0.2, 0.25) is 0 Å². The number of nitrogens with two attached hydrogens (primary N) is 1. The summed E-state index contributed by atoms with van der Waals surface area (Å²) in [4.78, 5) is 18.9. The number of pyridine rings is 1. The number of methoxy groups -OCH3 is 1. The highest BCUT2D eigenvalue weighted by atomic mass is 32.1. The van der Waals surface area contributed by atoms with E-state index in [1.165, 1.54) is 22.7 Å². The zero-order chi connectivity index (χ0) is 22.9. The zero-order valence-corrected chi connectivity index (χ0v) is 19.5. The number of benzene rings is 2. The van der Waals surface area contributed by atoms with Crippen LogP contribution in [0.4, 0.5) is 10.8 Å². The van der Waals surface area contributed by atoms with Crippen LogP contribution in [-0.2, 0) is 0 Å². The minimum Gasteiger partial charge on any atom is -0.497 e. The average Bonchev–Trinajstić information content (AvgIpc) is 3.41. The van der Waals surface area contributed by atoms with Crippen LogP contribution in [0.25, 0.3) is 32.6 Å². The second-order valence-electron chi connectivity index (χ2n) is 7.25. The molecule has 3 heterocycles. The lowest BCUT2D eigenvalue weighted by atomic mass is 9.99. The van der Waals surface area contributed by atoms with Gasteiger partial charge in [0.15, 0.2) is 0 Å². The van der Waals surface area contributed by atoms with Crippen molar-refractivity contribution in [3.8, 4) is 28.1 Å². The number of nitrogens with zero attached hydrogens (tertiary/aromatic N) is 3. The summed E-state index contributed by atoms with van der Waals surface area (Å²) in [7, 11) is 1.63. The molecule has 0 saturated carbocycles. The summed E-state index contributed by atoms with van der Waals surface area (Å²) >= 11 is 2.58. The van der Waals surface area contributed by atoms with Crippen LogP contribution in [0.15, 0.2) is 60.7 Å². The molecule has 0 aliphatic carbocycles. The number of fused-ring (bicyclic) bond motifs is 1. The molecule has 0 saturated heterocycles. The van der Waals surface area contributed by atoms with Gasteiger partial charge in [-0.05, 0) is 36.2 Å². The molecule has 9 heteroatoms. The Bertz CT molecular complexity index is 1460. The molecule has 0 atom stereocenters. The molecular formula is C24H19N5O2S2. The Morgan fingerprint density at radius 2 is 1.76 bits per heavy atom. The summed E-state index contributed by atoms with van der Waals surface area (Å²) in [5.74, 6) is 0.437. The van der Waals surface area contributed by atoms with E-state index in [0.29, 0.717) is 20.5 Å². The summed E-state index contributed by atoms with van der Waals surface area (Å²) in [6.45, 7) is 1.83. The largest absolute Gasteiger partial charge is 0.497 e. The number of carbonyl (C=O) groups excluding carboxylic acids is 1. The molecule has 0 spiro atoms. The Balaban J connectivity index is 1.67. The number of thiophene rings is 1. The second-order valence-corrected chi connectivity index (χ2v) is 9.44. The SMILES string of the molecule is COc1ccc(-c2cc(-c3ccccc3)nc3sc(C(=O)Nc4nnc(C)s4)c(N)c23)cc1. The highest BCUT2D eigenvalue weighted by Gasteiger charge is 2.22. The van der Waals surface area contributed by atoms with Crippen molar-refractivity contribution in [1.29, 1.82) is 0 Å². The van der Waals surface area contributed by atoms with Gasteiger partial charge in [0.1, 0.15) is 20.5 Å². The van der Waals surface area contributed by atoms with Crippen LogP contribution in [0, 0.1) is 6.92 Å². The van der Waals surface area contributed by atoms with Gasteiger partial charge < -0.3 is 10.5 Å². The molecule has 0 bridgehead atoms. The quantitative estimate of drug-likeness (QED) is 0.343. The molecular weight excluding hydrogens is 454 g/mol. The normalized spacial score (nSPS) is 11.0. The third kappa shape index (κ3) is 4.04. The maximum Gasteiger partial charge on any atom is 0.269 e. The summed E-state index contributed by atoms with van der Waals surface area (Å²) in [6.07, 6.45) is 0. The zero-order valence-electron chi connectivity index (χ0n) is 17.8. The average molecular weight is 474 g/mol. The van der Waals surface area contributed by atoms with Crippen molar-refractivity contribution in [1.82, 2.24) is 15.2 Å². The van der Waals surface area contributed by atoms with Crippen molar-refractivity contribution in [2.24, 2.45) is 0 Å². The van der Waals surface area contributed by atoms with Crippen LogP contribution in [0.5, 0.6) is 5.75 Å². The van der Waals surface area contributed by atoms with Crippen molar-refractivity contribution in [3.63, 3.8) is 0 Å². The Labute approximate surface area is 197 Å². The van der Waals surface area contributed by atoms with Gasteiger partial charge in [0.25, 0.3) is 5.91 Å². The molecule has 3 N–H and O–H groups in total. The highest BCUT2D eigenvalue weighted by Crippen LogP contribution is 2.41. The molecule has 2 aromatic carbocycles. The summed E-state index contributed by atoms with van der Waals surface area (Å²) in [5, 5.41) is 12.7. The number of ether oxygens (including phenoxy) is 1. The van der Waals surface area contributed by atoms with E-state index >= 15 is 0 Å². The number of rotatable bonds is 5. The molecule has 0 radical (unpaired) electrons. The Hall–Kier alpha value is -3.82. The van der Waals surface area contributed by atoms with Gasteiger partial charge in [0.2, 0.25) is 5.13 Å². The van der Waals surface area contributed by atoms with E-state index in [9.17, 15) is 4.79 Å². The van der Waals surface area contributed by atoms with Gasteiger partial charge in [-0.2, -0.15) is 0 Å². The lowest BCUT2D eigenvalue weighted by molar-refractivity contribution is 0.103. The molecule has 0 unspecified atom stereocenters. The van der Waals surface area contributed by atoms with Crippen molar-refractivity contribution in [2.75, 3.05) is 18.2 Å². The van der Waals surface area contributed by atoms with E-state index in [2.05, 4.69) is 15.5 Å². The van der Waals surface area contributed by atoms with Gasteiger partial charge in [-0.3, -0.25) is 10.1 Å². The first kappa shape index (κ1) is 21.0. The number of hydrogen-bond donors (Lipinski definition) is 2. The topological polar surface area (TPSA) is 103 Å². The Morgan fingerprint density at radius 1 is 1.00 bits per heavy atom. The first-order chi connectivity index (χ1) is 16.0. The molecule has 33 heavy (non-hydrogen) atoms. The van der Waals surface area contributed by atoms with Crippen molar-refractivity contribution >= 4 is 49.6 Å². The lowest BCUT2D eigenvalue weighted by Gasteiger charge is -2.09. The molecule has 1 amide bonds. The third-order valence-corrected chi connectivity index (χ3v) is 6.97. The molecule has 0 fully saturated rings. The van der Waals surface area contributed by atoms with Gasteiger partial charge in [0, 0.05) is 10.9 Å². The van der Waals surface area contributed by atoms with Crippen LogP contribution < -0.4 is 15.8 Å². The standard InChI is InChI=1S/C24H19N5O2S2/c1-13-28-29-24(32-13)27-22(30)21-20(25)19-17(14-8-10-16(31-2)11-9-14)12-18(26-23(19)33-21)15-6-4-3-5-7-15/h3-12H,25H2,1-2H3,(H,27,29,30). The number of anilines is 2. The maximum atomic E-state index is 13.0. The molecule has 5 aromatic rings. The van der Waals surface area contributed by atoms with E-state index < -0.39 is 0 Å². The first-order valence-corrected chi connectivity index (χ1v) is 11.7. The fraction of sp³-hybridized carbons (Fsp3) is 0.0833. The predicted octanol–water partition coefficient (Wildman–Crippen LogP) is 5.63. The number of amides is 1. The molecule has 0 aliphatic rings. The van der Waals surface area contributed by atoms with Gasteiger partial charge in [-0.1, -0.05) is 53.8 Å². The van der Waals surface area contributed by atoms with Crippen LogP contribution in [0.1, 0.15) is 14.7 Å². The second kappa shape index (κ2) is 8.61. The molecule has 5 rings (SSSR count). The number of hydrogen-bond acceptors (Lipinski definition) is 8. The van der Waals surface area contributed by atoms with Gasteiger partial charge in [-0.25, -0.2) is 4.98 Å². The van der Waals surface area contributed by atoms with Crippen molar-refractivity contribution in [2.45, 2.75) is 6.92 Å². The lowest BCUT2D eigenvalue weighted by Crippen LogP contribution is -2.11. The Morgan fingerprint density at radius 3 is 2.42 bits per heavy atom. The van der Waals surface area contributed by atoms with E-state index in [-0.39, 0.29) is 5.91 Å². The Kier molecular flexibility index (Phi) is 5.49. The van der Waals surface area contributed by atoms with Crippen LogP contribution in [0.3, 0.4) is 0 Å². The molecule has 0 aliphatic heterocycles. The van der Waals surface area contributed by atoms with Crippen molar-refractivity contribution < 1.29 is 9.53 Å². The maximum absolute atomic E-state index is 13.0. The number of aryl methyl sites for hydroxylation is 1. The monoisotopic (exact) mass is 473 g/mol. The number of nitrogen functional groups attached to an aromatic ring is 1. The third-order valence-electron chi connectivity index (χ3n) is 5.12. The minimum atomic E-state index is -0.325. The van der Waals surface area contributed by atoms with Gasteiger partial charge >= 0.3 is 0 Å². The molecule has 7 nitrogen and oxygen atoms in total. The fourth-order valence-electron chi connectivity index (χ4n) is 3.55. The number of aromatic nitrogens is 3. The minimum absolute atomic E-state index is 0.325. The molecule has 3 aromatic heterocycles. The van der Waals surface area contributed by atoms with E-state index in [4.69, 9.17) is 15.5 Å². The van der Waals surface area contributed by atoms with Crippen molar-refractivity contribution in [3.05, 3.63) is 70.5 Å². The van der Waals surface area contributed by atoms with Gasteiger partial charge in [-0.15, -0.1) is 21.5 Å². The van der Waals surface area contributed by atoms with E-state index in [1.807, 2.05) is 67.6 Å². The molecule has 164 valence electrons. The van der Waals surface area contributed by atoms with Crippen LogP contribution in [-0.4, -0.2) is 28.2 Å². The van der Waals surface area contributed by atoms with E-state index in [0.717, 1.165) is 38.5 Å². The first-order valence-electron chi connectivity index (χ1n) is 10.1. The predicted molar refractivity (Wildman–Crippen MR) is 134 cm³/mol. The number of nitrogens with one attached hydrogen (secondary N) is 1. The summed E-state index contributed by atoms with van der Waals surface area (Å²) < 4.78 is 5.31. The van der Waals surface area contributed by atoms with Gasteiger partial charge in [0.05, 0.1) is 18.5 Å². The smallest absolute Gasteiger partial charge is 0.269 e. The van der Waals surface area contributed by atoms with E-state index in [1.54, 1.807) is 7.11 Å². The summed E-state index contributed by atoms with van der Waals surface area (Å²) in [6, 6.07) is 19.7. The highest BCUT2D eigenvalue weighted by molar-refractivity contribution is 7.21. The van der Waals surface area contributed by atoms with Crippen LogP contribution >= 0.6 is 22.7 Å². The number of carbonyl (C=O) groups is 1. The summed E-state index contributed by atoms with van der Waals surface area (Å²) in [5.41, 5.74) is 10.6.